The van der Waals surface area contributed by atoms with Crippen LogP contribution in [0, 0.1) is 31.1 Å². The molecule has 188 valence electrons. The van der Waals surface area contributed by atoms with Gasteiger partial charge in [-0.05, 0) is 93.5 Å². The highest BCUT2D eigenvalue weighted by molar-refractivity contribution is 6.20. The molecule has 5 aliphatic rings. The zero-order chi connectivity index (χ0) is 26.2. The predicted molar refractivity (Wildman–Crippen MR) is 156 cm³/mol. The van der Waals surface area contributed by atoms with Crippen LogP contribution in [-0.4, -0.2) is 28.2 Å². The van der Waals surface area contributed by atoms with Gasteiger partial charge in [0.1, 0.15) is 0 Å². The van der Waals surface area contributed by atoms with E-state index in [9.17, 15) is 0 Å². The van der Waals surface area contributed by atoms with Crippen molar-refractivity contribution in [2.24, 2.45) is 32.2 Å². The third kappa shape index (κ3) is 3.53. The zero-order valence-electron chi connectivity index (χ0n) is 23.0. The summed E-state index contributed by atoms with van der Waals surface area (Å²) in [7, 11) is 0. The maximum Gasteiger partial charge on any atom is 0.0738 e. The fourth-order valence-corrected chi connectivity index (χ4v) is 6.39. The van der Waals surface area contributed by atoms with Crippen LogP contribution in [0.2, 0.25) is 0 Å². The van der Waals surface area contributed by atoms with Gasteiger partial charge in [0, 0.05) is 33.3 Å². The molecule has 0 saturated carbocycles. The molecule has 1 aliphatic carbocycles. The molecule has 37 heavy (non-hydrogen) atoms. The Morgan fingerprint density at radius 3 is 2.43 bits per heavy atom. The second-order valence-electron chi connectivity index (χ2n) is 11.6. The molecular formula is C33H36N4. The average molecular weight is 489 g/mol. The molecular weight excluding hydrogens is 452 g/mol. The lowest BCUT2D eigenvalue weighted by atomic mass is 9.71. The largest absolute Gasteiger partial charge is 0.355 e. The lowest BCUT2D eigenvalue weighted by molar-refractivity contribution is 0.478. The van der Waals surface area contributed by atoms with Gasteiger partial charge in [0.15, 0.2) is 0 Å². The molecule has 4 atom stereocenters. The van der Waals surface area contributed by atoms with Crippen molar-refractivity contribution in [1.29, 1.82) is 0 Å². The smallest absolute Gasteiger partial charge is 0.0738 e. The molecule has 0 fully saturated rings. The van der Waals surface area contributed by atoms with Crippen molar-refractivity contribution >= 4 is 29.3 Å². The minimum atomic E-state index is -0.169. The van der Waals surface area contributed by atoms with Gasteiger partial charge in [-0.3, -0.25) is 9.98 Å². The Morgan fingerprint density at radius 2 is 1.70 bits per heavy atom. The molecule has 0 spiro atoms. The molecule has 6 rings (SSSR count). The maximum atomic E-state index is 5.26. The van der Waals surface area contributed by atoms with E-state index in [4.69, 9.17) is 15.0 Å². The number of nitrogens with one attached hydrogen (secondary N) is 1. The highest BCUT2D eigenvalue weighted by Gasteiger charge is 2.42. The van der Waals surface area contributed by atoms with Crippen LogP contribution in [0.4, 0.5) is 0 Å². The van der Waals surface area contributed by atoms with Crippen molar-refractivity contribution in [3.63, 3.8) is 0 Å². The number of aliphatic imine (C=N–C) groups is 3. The summed E-state index contributed by atoms with van der Waals surface area (Å²) in [4.78, 5) is 19.3. The molecule has 1 aromatic heterocycles. The number of H-pyrrole nitrogens is 1. The molecule has 4 heteroatoms. The fourth-order valence-electron chi connectivity index (χ4n) is 6.39. The molecule has 4 nitrogen and oxygen atoms in total. The quantitative estimate of drug-likeness (QED) is 0.522. The third-order valence-corrected chi connectivity index (χ3v) is 9.26. The molecule has 4 unspecified atom stereocenters. The molecule has 0 aromatic carbocycles. The fraction of sp³-hybridized carbons (Fsp3) is 0.364. The van der Waals surface area contributed by atoms with E-state index < -0.39 is 0 Å². The Balaban J connectivity index is 1.67. The van der Waals surface area contributed by atoms with Crippen LogP contribution >= 0.6 is 0 Å². The van der Waals surface area contributed by atoms with E-state index in [1.54, 1.807) is 0 Å². The van der Waals surface area contributed by atoms with Gasteiger partial charge in [0.25, 0.3) is 0 Å². The second-order valence-corrected chi connectivity index (χ2v) is 11.6. The Morgan fingerprint density at radius 1 is 0.973 bits per heavy atom. The number of aromatic amines is 1. The van der Waals surface area contributed by atoms with Crippen molar-refractivity contribution in [3.8, 4) is 0 Å². The van der Waals surface area contributed by atoms with Crippen LogP contribution in [-0.2, 0) is 0 Å². The number of rotatable bonds is 1. The van der Waals surface area contributed by atoms with Gasteiger partial charge in [0.05, 0.1) is 28.9 Å². The molecule has 8 bridgehead atoms. The number of aromatic nitrogens is 1. The molecule has 1 N–H and O–H groups in total. The van der Waals surface area contributed by atoms with Crippen LogP contribution in [0.5, 0.6) is 0 Å². The van der Waals surface area contributed by atoms with Gasteiger partial charge in [-0.25, -0.2) is 4.99 Å². The van der Waals surface area contributed by atoms with Gasteiger partial charge in [-0.15, -0.1) is 0 Å². The topological polar surface area (TPSA) is 52.9 Å². The van der Waals surface area contributed by atoms with Crippen molar-refractivity contribution in [2.45, 2.75) is 60.9 Å². The Labute approximate surface area is 219 Å². The summed E-state index contributed by atoms with van der Waals surface area (Å²) < 4.78 is 0. The number of hydrogen-bond acceptors (Lipinski definition) is 3. The lowest BCUT2D eigenvalue weighted by Gasteiger charge is -2.30. The molecule has 1 aromatic rings. The van der Waals surface area contributed by atoms with E-state index in [1.165, 1.54) is 22.3 Å². The van der Waals surface area contributed by atoms with Crippen LogP contribution in [0.3, 0.4) is 0 Å². The summed E-state index contributed by atoms with van der Waals surface area (Å²) in [5.74, 6) is 0.756. The van der Waals surface area contributed by atoms with Crippen molar-refractivity contribution < 1.29 is 0 Å². The zero-order valence-corrected chi connectivity index (χ0v) is 23.0. The number of allylic oxidation sites excluding steroid dienone is 7. The highest BCUT2D eigenvalue weighted by Crippen LogP contribution is 2.48. The predicted octanol–water partition coefficient (Wildman–Crippen LogP) is 5.76. The van der Waals surface area contributed by atoms with Crippen LogP contribution in [0.15, 0.2) is 85.6 Å². The minimum Gasteiger partial charge on any atom is -0.355 e. The summed E-state index contributed by atoms with van der Waals surface area (Å²) in [6.45, 7) is 19.8. The lowest BCUT2D eigenvalue weighted by Crippen LogP contribution is -2.28. The van der Waals surface area contributed by atoms with Gasteiger partial charge < -0.3 is 4.98 Å². The Kier molecular flexibility index (Phi) is 5.31. The summed E-state index contributed by atoms with van der Waals surface area (Å²) in [5, 5.41) is 2.27. The summed E-state index contributed by atoms with van der Waals surface area (Å²) in [6.07, 6.45) is 16.3. The Bertz CT molecular complexity index is 1640. The maximum absolute atomic E-state index is 5.26. The molecule has 0 saturated heterocycles. The summed E-state index contributed by atoms with van der Waals surface area (Å²) >= 11 is 0. The van der Waals surface area contributed by atoms with E-state index in [0.29, 0.717) is 11.8 Å². The first-order valence-electron chi connectivity index (χ1n) is 13.4. The SMILES string of the molecule is C=CC1=C(C)C2=NC1=CC1N=C(C=c3[nH]c(c(C)c3C)=CC3=NC(=C2)C2=CC=C(C)CC23C)C(C)C1C. The van der Waals surface area contributed by atoms with E-state index in [0.717, 1.165) is 56.8 Å². The highest BCUT2D eigenvalue weighted by atomic mass is 14.9. The van der Waals surface area contributed by atoms with Crippen molar-refractivity contribution in [1.82, 2.24) is 4.98 Å². The van der Waals surface area contributed by atoms with Gasteiger partial charge in [-0.2, -0.15) is 0 Å². The molecule has 5 heterocycles. The van der Waals surface area contributed by atoms with Crippen molar-refractivity contribution in [2.75, 3.05) is 0 Å². The average Bonchev–Trinajstić information content (AvgIpc) is 3.48. The van der Waals surface area contributed by atoms with Gasteiger partial charge in [0.2, 0.25) is 0 Å². The van der Waals surface area contributed by atoms with Crippen molar-refractivity contribution in [3.05, 3.63) is 92.5 Å². The number of fused-ring (bicyclic) bond motifs is 8. The van der Waals surface area contributed by atoms with Crippen LogP contribution < -0.4 is 10.7 Å². The molecule has 4 aliphatic heterocycles. The summed E-state index contributed by atoms with van der Waals surface area (Å²) in [5.41, 5.74) is 12.4. The van der Waals surface area contributed by atoms with E-state index in [-0.39, 0.29) is 11.5 Å². The third-order valence-electron chi connectivity index (χ3n) is 9.26. The molecule has 0 amide bonds. The molecule has 0 radical (unpaired) electrons. The first kappa shape index (κ1) is 23.8. The Hall–Kier alpha value is -3.53. The van der Waals surface area contributed by atoms with Crippen LogP contribution in [0.25, 0.3) is 12.2 Å². The monoisotopic (exact) mass is 488 g/mol. The summed E-state index contributed by atoms with van der Waals surface area (Å²) in [6, 6.07) is 0.0821. The first-order valence-corrected chi connectivity index (χ1v) is 13.4. The number of nitrogens with zero attached hydrogens (tertiary/aromatic N) is 3. The normalized spacial score (nSPS) is 30.2. The first-order chi connectivity index (χ1) is 17.6. The van der Waals surface area contributed by atoms with E-state index in [1.807, 2.05) is 6.08 Å². The van der Waals surface area contributed by atoms with Gasteiger partial charge in [-0.1, -0.05) is 44.2 Å². The van der Waals surface area contributed by atoms with Crippen LogP contribution in [0.1, 0.15) is 52.2 Å². The second kappa shape index (κ2) is 8.24. The minimum absolute atomic E-state index is 0.0821. The van der Waals surface area contributed by atoms with E-state index >= 15 is 0 Å². The van der Waals surface area contributed by atoms with Gasteiger partial charge >= 0.3 is 0 Å². The number of hydrogen-bond donors (Lipinski definition) is 1. The van der Waals surface area contributed by atoms with E-state index in [2.05, 4.69) is 96.5 Å². The standard InChI is InChI=1S/C33H36N4/c1-9-23-22(7)28-14-31-24-11-10-17(2)16-33(24,8)32(37-31)15-29-21(6)20(5)26(35-29)12-25-18(3)19(4)27(34-25)13-30(23)36-28/h9-15,18-19,27,35H,1,16H2,2-8H3.